The molecule has 2 aromatic carbocycles. The maximum Gasteiger partial charge on any atom is 0.229 e. The second-order valence-corrected chi connectivity index (χ2v) is 9.26. The van der Waals surface area contributed by atoms with Crippen LogP contribution in [0, 0.1) is 33.6 Å². The minimum Gasteiger partial charge on any atom is -0.352 e. The normalized spacial score (nSPS) is 16.1. The summed E-state index contributed by atoms with van der Waals surface area (Å²) in [4.78, 5) is 15.3. The first kappa shape index (κ1) is 22.1. The number of fused-ring (bicyclic) bond motifs is 1. The van der Waals surface area contributed by atoms with E-state index in [0.29, 0.717) is 6.54 Å². The van der Waals surface area contributed by atoms with E-state index in [1.54, 1.807) is 0 Å². The molecule has 3 heterocycles. The van der Waals surface area contributed by atoms with E-state index in [2.05, 4.69) is 40.3 Å². The van der Waals surface area contributed by atoms with Gasteiger partial charge < -0.3 is 10.2 Å². The Bertz CT molecular complexity index is 1360. The monoisotopic (exact) mass is 454 g/mol. The number of piperidine rings is 1. The number of nitrogens with one attached hydrogen (secondary N) is 1. The third-order valence-corrected chi connectivity index (χ3v) is 6.72. The molecule has 1 N–H and O–H groups in total. The molecule has 1 atom stereocenters. The van der Waals surface area contributed by atoms with Crippen LogP contribution in [0.15, 0.2) is 48.5 Å². The number of rotatable bonds is 4. The summed E-state index contributed by atoms with van der Waals surface area (Å²) in [6, 6.07) is 16.2. The highest BCUT2D eigenvalue weighted by molar-refractivity contribution is 5.95. The first-order valence-corrected chi connectivity index (χ1v) is 11.8. The Hall–Kier alpha value is -3.74. The van der Waals surface area contributed by atoms with Gasteiger partial charge in [-0.2, -0.15) is 10.2 Å². The van der Waals surface area contributed by atoms with Gasteiger partial charge in [0.25, 0.3) is 0 Å². The molecular weight excluding hydrogens is 424 g/mol. The third kappa shape index (κ3) is 4.02. The van der Waals surface area contributed by atoms with Crippen molar-refractivity contribution in [3.8, 4) is 5.69 Å². The highest BCUT2D eigenvalue weighted by atomic mass is 16.1. The van der Waals surface area contributed by atoms with Crippen molar-refractivity contribution in [3.05, 3.63) is 71.0 Å². The fourth-order valence-corrected chi connectivity index (χ4v) is 4.92. The molecule has 4 aromatic rings. The third-order valence-electron chi connectivity index (χ3n) is 6.72. The fraction of sp³-hybridized carbons (Fsp3) is 0.333. The fourth-order valence-electron chi connectivity index (χ4n) is 4.92. The summed E-state index contributed by atoms with van der Waals surface area (Å²) in [5.74, 6) is 0.686. The van der Waals surface area contributed by atoms with Crippen LogP contribution in [0.3, 0.4) is 0 Å². The lowest BCUT2D eigenvalue weighted by molar-refractivity contribution is -0.120. The van der Waals surface area contributed by atoms with E-state index in [9.17, 15) is 4.79 Å². The van der Waals surface area contributed by atoms with Crippen molar-refractivity contribution >= 4 is 28.3 Å². The molecule has 0 radical (unpaired) electrons. The van der Waals surface area contributed by atoms with Gasteiger partial charge in [0.2, 0.25) is 5.91 Å². The average molecular weight is 455 g/mol. The summed E-state index contributed by atoms with van der Waals surface area (Å²) in [6.07, 6.45) is 1.77. The number of amides is 1. The minimum absolute atomic E-state index is 0.0546. The number of para-hydroxylation sites is 1. The Morgan fingerprint density at radius 1 is 1.03 bits per heavy atom. The lowest BCUT2D eigenvalue weighted by Crippen LogP contribution is -2.41. The molecule has 7 nitrogen and oxygen atoms in total. The number of carbonyl (C=O) groups excluding carboxylic acids is 1. The van der Waals surface area contributed by atoms with Crippen molar-refractivity contribution < 1.29 is 4.79 Å². The van der Waals surface area contributed by atoms with Crippen molar-refractivity contribution in [1.29, 1.82) is 0 Å². The zero-order valence-corrected chi connectivity index (χ0v) is 20.2. The maximum absolute atomic E-state index is 13.1. The van der Waals surface area contributed by atoms with Gasteiger partial charge in [-0.1, -0.05) is 35.9 Å². The van der Waals surface area contributed by atoms with Gasteiger partial charge in [-0.3, -0.25) is 4.79 Å². The second-order valence-electron chi connectivity index (χ2n) is 9.26. The van der Waals surface area contributed by atoms with Crippen molar-refractivity contribution in [2.75, 3.05) is 23.3 Å². The number of hydrogen-bond donors (Lipinski definition) is 1. The van der Waals surface area contributed by atoms with Crippen LogP contribution in [0.5, 0.6) is 0 Å². The SMILES string of the molecule is Cc1ccc(NC(=O)C2CCCN(c3nnc(C)c4c(C)n(-c5ccccc5)nc34)C2)c(C)c1. The molecule has 7 heteroatoms. The van der Waals surface area contributed by atoms with Crippen molar-refractivity contribution in [2.24, 2.45) is 5.92 Å². The Morgan fingerprint density at radius 2 is 1.82 bits per heavy atom. The van der Waals surface area contributed by atoms with E-state index in [1.165, 1.54) is 5.56 Å². The summed E-state index contributed by atoms with van der Waals surface area (Å²) in [6.45, 7) is 9.55. The molecule has 1 fully saturated rings. The van der Waals surface area contributed by atoms with E-state index in [0.717, 1.165) is 64.4 Å². The van der Waals surface area contributed by atoms with Gasteiger partial charge in [-0.15, -0.1) is 5.10 Å². The van der Waals surface area contributed by atoms with E-state index < -0.39 is 0 Å². The van der Waals surface area contributed by atoms with Crippen molar-refractivity contribution in [1.82, 2.24) is 20.0 Å². The molecule has 1 aliphatic heterocycles. The molecule has 174 valence electrons. The molecule has 0 aliphatic carbocycles. The zero-order valence-electron chi connectivity index (χ0n) is 20.2. The van der Waals surface area contributed by atoms with Crippen LogP contribution in [0.4, 0.5) is 11.5 Å². The first-order valence-electron chi connectivity index (χ1n) is 11.8. The number of benzene rings is 2. The largest absolute Gasteiger partial charge is 0.352 e. The second kappa shape index (κ2) is 8.89. The van der Waals surface area contributed by atoms with Crippen LogP contribution < -0.4 is 10.2 Å². The van der Waals surface area contributed by atoms with Gasteiger partial charge in [-0.25, -0.2) is 4.68 Å². The molecular formula is C27H30N6O. The van der Waals surface area contributed by atoms with Crippen LogP contribution in [-0.4, -0.2) is 39.0 Å². The lowest BCUT2D eigenvalue weighted by Gasteiger charge is -2.32. The van der Waals surface area contributed by atoms with Crippen LogP contribution in [-0.2, 0) is 4.79 Å². The van der Waals surface area contributed by atoms with E-state index >= 15 is 0 Å². The molecule has 2 aromatic heterocycles. The Labute approximate surface area is 199 Å². The molecule has 5 rings (SSSR count). The van der Waals surface area contributed by atoms with Crippen LogP contribution in [0.1, 0.15) is 35.4 Å². The molecule has 1 aliphatic rings. The summed E-state index contributed by atoms with van der Waals surface area (Å²) in [5.41, 5.74) is 6.88. The molecule has 0 spiro atoms. The maximum atomic E-state index is 13.1. The van der Waals surface area contributed by atoms with Gasteiger partial charge in [-0.05, 0) is 64.3 Å². The molecule has 1 saturated heterocycles. The van der Waals surface area contributed by atoms with Gasteiger partial charge in [0, 0.05) is 18.8 Å². The van der Waals surface area contributed by atoms with Crippen LogP contribution in [0.25, 0.3) is 16.6 Å². The van der Waals surface area contributed by atoms with Gasteiger partial charge in [0.15, 0.2) is 5.82 Å². The lowest BCUT2D eigenvalue weighted by atomic mass is 9.96. The molecule has 1 unspecified atom stereocenters. The van der Waals surface area contributed by atoms with Crippen molar-refractivity contribution in [3.63, 3.8) is 0 Å². The summed E-state index contributed by atoms with van der Waals surface area (Å²) >= 11 is 0. The number of nitrogens with zero attached hydrogens (tertiary/aromatic N) is 5. The first-order chi connectivity index (χ1) is 16.4. The number of aryl methyl sites for hydroxylation is 4. The van der Waals surface area contributed by atoms with Crippen LogP contribution in [0.2, 0.25) is 0 Å². The van der Waals surface area contributed by atoms with Crippen LogP contribution >= 0.6 is 0 Å². The minimum atomic E-state index is -0.120. The number of hydrogen-bond acceptors (Lipinski definition) is 5. The number of aromatic nitrogens is 4. The summed E-state index contributed by atoms with van der Waals surface area (Å²) < 4.78 is 1.96. The zero-order chi connectivity index (χ0) is 23.8. The number of carbonyl (C=O) groups is 1. The molecule has 0 saturated carbocycles. The number of anilines is 2. The smallest absolute Gasteiger partial charge is 0.229 e. The topological polar surface area (TPSA) is 75.9 Å². The predicted molar refractivity (Wildman–Crippen MR) is 136 cm³/mol. The Morgan fingerprint density at radius 3 is 2.59 bits per heavy atom. The Balaban J connectivity index is 1.44. The van der Waals surface area contributed by atoms with E-state index in [4.69, 9.17) is 5.10 Å². The predicted octanol–water partition coefficient (Wildman–Crippen LogP) is 4.90. The van der Waals surface area contributed by atoms with E-state index in [1.807, 2.05) is 61.0 Å². The molecule has 34 heavy (non-hydrogen) atoms. The van der Waals surface area contributed by atoms with Crippen molar-refractivity contribution in [2.45, 2.75) is 40.5 Å². The summed E-state index contributed by atoms with van der Waals surface area (Å²) in [7, 11) is 0. The van der Waals surface area contributed by atoms with Gasteiger partial charge >= 0.3 is 0 Å². The molecule has 1 amide bonds. The molecule has 0 bridgehead atoms. The quantitative estimate of drug-likeness (QED) is 0.474. The highest BCUT2D eigenvalue weighted by Crippen LogP contribution is 2.32. The highest BCUT2D eigenvalue weighted by Gasteiger charge is 2.29. The average Bonchev–Trinajstić information content (AvgIpc) is 3.19. The summed E-state index contributed by atoms with van der Waals surface area (Å²) in [5, 5.41) is 18.1. The van der Waals surface area contributed by atoms with Gasteiger partial charge in [0.1, 0.15) is 5.52 Å². The van der Waals surface area contributed by atoms with Gasteiger partial charge in [0.05, 0.1) is 28.4 Å². The van der Waals surface area contributed by atoms with E-state index in [-0.39, 0.29) is 11.8 Å². The standard InChI is InChI=1S/C27H30N6O/c1-17-12-13-23(18(2)15-17)28-27(34)21-9-8-14-32(16-21)26-25-24(19(3)29-30-26)20(4)33(31-25)22-10-6-5-7-11-22/h5-7,10-13,15,21H,8-9,14,16H2,1-4H3,(H,28,34). The Kier molecular flexibility index (Phi) is 5.77.